The van der Waals surface area contributed by atoms with Crippen LogP contribution < -0.4 is 5.43 Å². The van der Waals surface area contributed by atoms with E-state index >= 15 is 0 Å². The summed E-state index contributed by atoms with van der Waals surface area (Å²) in [7, 11) is 6.37. The van der Waals surface area contributed by atoms with Crippen LogP contribution in [0.4, 0.5) is 9.59 Å². The van der Waals surface area contributed by atoms with E-state index in [4.69, 9.17) is 52.1 Å². The predicted octanol–water partition coefficient (Wildman–Crippen LogP) is 2.75. The highest BCUT2D eigenvalue weighted by Gasteiger charge is 2.52. The molecule has 0 aromatic carbocycles. The maximum atomic E-state index is 14.2. The lowest BCUT2D eigenvalue weighted by Gasteiger charge is -2.50. The molecule has 75 heavy (non-hydrogen) atoms. The van der Waals surface area contributed by atoms with Crippen LogP contribution in [0.3, 0.4) is 0 Å². The number of aliphatic hydroxyl groups excluding tert-OH is 4. The van der Waals surface area contributed by atoms with Gasteiger partial charge in [0.1, 0.15) is 42.7 Å². The molecule has 0 saturated carbocycles. The molecule has 0 bridgehead atoms. The predicted molar refractivity (Wildman–Crippen MR) is 268 cm³/mol. The van der Waals surface area contributed by atoms with E-state index in [9.17, 15) is 44.7 Å². The average molecular weight is 1080 g/mol. The first-order chi connectivity index (χ1) is 35.3. The van der Waals surface area contributed by atoms with Crippen LogP contribution in [0.2, 0.25) is 0 Å². The summed E-state index contributed by atoms with van der Waals surface area (Å²) in [5, 5.41) is 57.7. The first-order valence-electron chi connectivity index (χ1n) is 26.3. The SMILES string of the molecule is CCOC(=O)NN(CC[C@H]1C[C@@H](C)C(=O)/C=C/C(C)=C/[C@H](CO[C@@H]2O[C@H](C)[C@@H](O)[C@@H](OC)[C@H]2OC)[C@@H](CC)OC(=O)C[C@@H](O)[C@H](C)[C@H]1O[C@@H]1O[C@H](C)[C@@H](O[C@H]2C[C@@](C)(O)[C@@H](O)[C@H](C)O2)[C@H](N(C)C)[C@H]1O)C(=O)OCC. The summed E-state index contributed by atoms with van der Waals surface area (Å²) in [6.07, 6.45) is -12.2. The monoisotopic (exact) mass is 1080 g/mol. The van der Waals surface area contributed by atoms with Crippen molar-refractivity contribution in [2.45, 2.75) is 205 Å². The Morgan fingerprint density at radius 3 is 2.08 bits per heavy atom. The molecule has 0 aliphatic carbocycles. The number of hydrazine groups is 1. The number of hydrogen-bond donors (Lipinski definition) is 6. The number of ketones is 1. The van der Waals surface area contributed by atoms with Crippen molar-refractivity contribution in [1.82, 2.24) is 15.3 Å². The number of nitrogens with one attached hydrogen (secondary N) is 1. The molecule has 4 aliphatic rings. The first-order valence-corrected chi connectivity index (χ1v) is 26.3. The van der Waals surface area contributed by atoms with Crippen LogP contribution in [-0.4, -0.2) is 218 Å². The summed E-state index contributed by atoms with van der Waals surface area (Å²) in [6.45, 7) is 16.5. The lowest BCUT2D eigenvalue weighted by atomic mass is 9.79. The summed E-state index contributed by atoms with van der Waals surface area (Å²) in [5.74, 6) is -4.08. The summed E-state index contributed by atoms with van der Waals surface area (Å²) < 4.78 is 65.7. The van der Waals surface area contributed by atoms with Gasteiger partial charge in [-0.05, 0) is 93.8 Å². The van der Waals surface area contributed by atoms with Gasteiger partial charge in [0.25, 0.3) is 0 Å². The van der Waals surface area contributed by atoms with Gasteiger partial charge < -0.3 is 82.5 Å². The van der Waals surface area contributed by atoms with Crippen molar-refractivity contribution in [3.8, 4) is 0 Å². The van der Waals surface area contributed by atoms with Gasteiger partial charge in [0.15, 0.2) is 24.7 Å². The second-order valence-electron chi connectivity index (χ2n) is 20.8. The minimum Gasteiger partial charge on any atom is -0.462 e. The fourth-order valence-electron chi connectivity index (χ4n) is 10.4. The molecule has 6 N–H and O–H groups in total. The van der Waals surface area contributed by atoms with Gasteiger partial charge in [0, 0.05) is 44.9 Å². The molecule has 0 aromatic heterocycles. The number of methoxy groups -OCH3 is 2. The van der Waals surface area contributed by atoms with Gasteiger partial charge in [0.2, 0.25) is 0 Å². The summed E-state index contributed by atoms with van der Waals surface area (Å²) in [5.41, 5.74) is 1.52. The number of rotatable bonds is 16. The van der Waals surface area contributed by atoms with Gasteiger partial charge in [-0.3, -0.25) is 9.59 Å². The van der Waals surface area contributed by atoms with Crippen LogP contribution >= 0.6 is 0 Å². The standard InChI is InChI=1S/C52H89N3O20/c1-15-37-34(26-69-49-46(66-14)45(65-13)41(59)30(7)71-49)22-27(4)18-19-35(56)28(5)23-33(20-21-55(51(63)68-17-3)53-50(62)67-16-2)43(29(6)36(57)24-38(58)73-37)75-48-42(60)40(54(11)12)44(31(8)72-48)74-39-25-52(10,64)47(61)32(9)70-39/h18-19,22,28-34,36-37,39-49,57,59-61,64H,15-17,20-21,23-26H2,1-14H3,(H,53,62)/b19-18+,27-22+/t28-,29+,30-,31-,32+,33+,34-,36-,37-,39+,40-,41-,42-,43-,44-,45-,46-,47+,48+,49-,52-/m1/s1. The fraction of sp³-hybridized carbons (Fsp3) is 0.846. The highest BCUT2D eigenvalue weighted by molar-refractivity contribution is 5.91. The third-order valence-corrected chi connectivity index (χ3v) is 14.7. The summed E-state index contributed by atoms with van der Waals surface area (Å²) >= 11 is 0. The van der Waals surface area contributed by atoms with Gasteiger partial charge in [-0.1, -0.05) is 38.5 Å². The Kier molecular flexibility index (Phi) is 25.3. The second kappa shape index (κ2) is 29.5. The summed E-state index contributed by atoms with van der Waals surface area (Å²) in [6, 6.07) is -0.825. The Balaban J connectivity index is 1.75. The zero-order valence-electron chi connectivity index (χ0n) is 46.4. The van der Waals surface area contributed by atoms with Crippen LogP contribution in [0.25, 0.3) is 0 Å². The van der Waals surface area contributed by atoms with E-state index in [2.05, 4.69) is 5.43 Å². The number of ether oxygens (including phenoxy) is 11. The number of hydrogen-bond acceptors (Lipinski definition) is 21. The molecule has 0 radical (unpaired) electrons. The number of cyclic esters (lactones) is 1. The number of aliphatic hydroxyl groups is 5. The molecule has 3 fully saturated rings. The van der Waals surface area contributed by atoms with Crippen LogP contribution in [0.1, 0.15) is 101 Å². The van der Waals surface area contributed by atoms with Crippen LogP contribution in [0, 0.1) is 23.7 Å². The van der Waals surface area contributed by atoms with Crippen molar-refractivity contribution in [3.63, 3.8) is 0 Å². The number of likely N-dealkylation sites (N-methyl/N-ethyl adjacent to an activating group) is 1. The van der Waals surface area contributed by atoms with E-state index < -0.39 is 152 Å². The maximum absolute atomic E-state index is 14.2. The smallest absolute Gasteiger partial charge is 0.428 e. The van der Waals surface area contributed by atoms with Crippen LogP contribution in [0.15, 0.2) is 23.8 Å². The molecular weight excluding hydrogens is 987 g/mol. The highest BCUT2D eigenvalue weighted by Crippen LogP contribution is 2.38. The van der Waals surface area contributed by atoms with E-state index in [1.165, 1.54) is 27.2 Å². The molecule has 0 spiro atoms. The maximum Gasteiger partial charge on any atom is 0.428 e. The number of esters is 1. The topological polar surface area (TPSA) is 289 Å². The first kappa shape index (κ1) is 64.1. The van der Waals surface area contributed by atoms with Gasteiger partial charge in [-0.15, -0.1) is 0 Å². The number of nitrogens with zero attached hydrogens (tertiary/aromatic N) is 2. The number of amides is 2. The molecule has 23 heteroatoms. The van der Waals surface area contributed by atoms with Crippen molar-refractivity contribution in [1.29, 1.82) is 0 Å². The van der Waals surface area contributed by atoms with Gasteiger partial charge in [-0.2, -0.15) is 0 Å². The highest BCUT2D eigenvalue weighted by atomic mass is 16.7. The largest absolute Gasteiger partial charge is 0.462 e. The molecule has 0 aromatic rings. The number of carbonyl (C=O) groups excluding carboxylic acids is 4. The number of allylic oxidation sites excluding steroid dienone is 3. The third kappa shape index (κ3) is 17.3. The van der Waals surface area contributed by atoms with E-state index in [0.717, 1.165) is 5.01 Å². The molecular formula is C52H89N3O20. The lowest BCUT2D eigenvalue weighted by molar-refractivity contribution is -0.342. The van der Waals surface area contributed by atoms with Crippen LogP contribution in [-0.2, 0) is 61.7 Å². The minimum absolute atomic E-state index is 0.0114. The third-order valence-electron chi connectivity index (χ3n) is 14.7. The van der Waals surface area contributed by atoms with Crippen LogP contribution in [0.5, 0.6) is 0 Å². The Hall–Kier alpha value is -3.40. The molecule has 2 amide bonds. The molecule has 4 heterocycles. The van der Waals surface area contributed by atoms with Crippen molar-refractivity contribution in [2.24, 2.45) is 23.7 Å². The molecule has 4 aliphatic heterocycles. The second-order valence-corrected chi connectivity index (χ2v) is 20.8. The normalized spacial score (nSPS) is 40.7. The lowest BCUT2D eigenvalue weighted by Crippen LogP contribution is -2.65. The summed E-state index contributed by atoms with van der Waals surface area (Å²) in [4.78, 5) is 56.0. The van der Waals surface area contributed by atoms with E-state index in [1.807, 2.05) is 13.0 Å². The van der Waals surface area contributed by atoms with E-state index in [-0.39, 0.29) is 51.4 Å². The van der Waals surface area contributed by atoms with Crippen molar-refractivity contribution >= 4 is 23.9 Å². The molecule has 4 rings (SSSR count). The zero-order chi connectivity index (χ0) is 56.1. The van der Waals surface area contributed by atoms with Crippen molar-refractivity contribution in [2.75, 3.05) is 54.7 Å². The minimum atomic E-state index is -1.54. The van der Waals surface area contributed by atoms with Crippen molar-refractivity contribution in [3.05, 3.63) is 23.8 Å². The Bertz CT molecular complexity index is 1870. The zero-order valence-corrected chi connectivity index (χ0v) is 46.4. The van der Waals surface area contributed by atoms with E-state index in [1.54, 1.807) is 80.5 Å². The molecule has 0 unspecified atom stereocenters. The van der Waals surface area contributed by atoms with E-state index in [0.29, 0.717) is 12.0 Å². The van der Waals surface area contributed by atoms with Gasteiger partial charge in [-0.25, -0.2) is 20.0 Å². The van der Waals surface area contributed by atoms with Crippen molar-refractivity contribution < 1.29 is 96.8 Å². The molecule has 21 atom stereocenters. The van der Waals surface area contributed by atoms with Gasteiger partial charge >= 0.3 is 18.2 Å². The molecule has 3 saturated heterocycles. The number of carbonyl (C=O) groups is 4. The quantitative estimate of drug-likeness (QED) is 0.0736. The Morgan fingerprint density at radius 1 is 0.827 bits per heavy atom. The average Bonchev–Trinajstić information content (AvgIpc) is 3.34. The van der Waals surface area contributed by atoms with Gasteiger partial charge in [0.05, 0.1) is 68.4 Å². The Labute approximate surface area is 442 Å². The molecule has 23 nitrogen and oxygen atoms in total. The molecule has 432 valence electrons. The Morgan fingerprint density at radius 2 is 1.48 bits per heavy atom. The fourth-order valence-corrected chi connectivity index (χ4v) is 10.4.